The number of carbonyl (C=O) groups excluding carboxylic acids is 1. The van der Waals surface area contributed by atoms with Crippen molar-refractivity contribution in [3.8, 4) is 0 Å². The second-order valence-corrected chi connectivity index (χ2v) is 4.83. The topological polar surface area (TPSA) is 30.2 Å². The van der Waals surface area contributed by atoms with Crippen LogP contribution in [0.15, 0.2) is 28.7 Å². The van der Waals surface area contributed by atoms with Gasteiger partial charge in [0.2, 0.25) is 0 Å². The standard InChI is InChI=1S/C15H18O2/c1-10(2)14(16)8-7-13-9-12-6-4-5-11(3)15(12)17-13/h4-6,9-10H,7-8H2,1-3H3. The highest BCUT2D eigenvalue weighted by atomic mass is 16.3. The van der Waals surface area contributed by atoms with Crippen molar-refractivity contribution in [3.05, 3.63) is 35.6 Å². The molecule has 2 rings (SSSR count). The van der Waals surface area contributed by atoms with E-state index in [0.717, 1.165) is 22.3 Å². The van der Waals surface area contributed by atoms with Crippen LogP contribution in [0, 0.1) is 12.8 Å². The van der Waals surface area contributed by atoms with Crippen LogP contribution in [-0.4, -0.2) is 5.78 Å². The first kappa shape index (κ1) is 11.9. The highest BCUT2D eigenvalue weighted by Crippen LogP contribution is 2.23. The van der Waals surface area contributed by atoms with Crippen LogP contribution in [0.3, 0.4) is 0 Å². The maximum absolute atomic E-state index is 11.6. The maximum atomic E-state index is 11.6. The lowest BCUT2D eigenvalue weighted by molar-refractivity contribution is -0.121. The Morgan fingerprint density at radius 2 is 2.12 bits per heavy atom. The first-order chi connectivity index (χ1) is 8.08. The zero-order valence-electron chi connectivity index (χ0n) is 10.6. The van der Waals surface area contributed by atoms with Crippen molar-refractivity contribution >= 4 is 16.8 Å². The van der Waals surface area contributed by atoms with E-state index in [1.807, 2.05) is 45.0 Å². The van der Waals surface area contributed by atoms with E-state index in [2.05, 4.69) is 0 Å². The minimum atomic E-state index is 0.112. The number of carbonyl (C=O) groups is 1. The van der Waals surface area contributed by atoms with Crippen molar-refractivity contribution in [3.63, 3.8) is 0 Å². The molecule has 0 unspecified atom stereocenters. The van der Waals surface area contributed by atoms with Crippen molar-refractivity contribution in [2.24, 2.45) is 5.92 Å². The Morgan fingerprint density at radius 1 is 1.35 bits per heavy atom. The van der Waals surface area contributed by atoms with Gasteiger partial charge in [0.05, 0.1) is 0 Å². The molecule has 1 aromatic heterocycles. The van der Waals surface area contributed by atoms with Crippen LogP contribution in [0.1, 0.15) is 31.6 Å². The zero-order chi connectivity index (χ0) is 12.4. The molecule has 2 heteroatoms. The van der Waals surface area contributed by atoms with Gasteiger partial charge in [-0.3, -0.25) is 4.79 Å². The number of hydrogen-bond acceptors (Lipinski definition) is 2. The van der Waals surface area contributed by atoms with Crippen molar-refractivity contribution < 1.29 is 9.21 Å². The molecule has 0 atom stereocenters. The van der Waals surface area contributed by atoms with Gasteiger partial charge in [0.1, 0.15) is 17.1 Å². The summed E-state index contributed by atoms with van der Waals surface area (Å²) in [5.41, 5.74) is 2.09. The van der Waals surface area contributed by atoms with Gasteiger partial charge in [-0.2, -0.15) is 0 Å². The fraction of sp³-hybridized carbons (Fsp3) is 0.400. The van der Waals surface area contributed by atoms with E-state index >= 15 is 0 Å². The van der Waals surface area contributed by atoms with E-state index in [9.17, 15) is 4.79 Å². The number of rotatable bonds is 4. The lowest BCUT2D eigenvalue weighted by Crippen LogP contribution is -2.07. The summed E-state index contributed by atoms with van der Waals surface area (Å²) in [4.78, 5) is 11.6. The molecule has 0 amide bonds. The third-order valence-corrected chi connectivity index (χ3v) is 3.05. The van der Waals surface area contributed by atoms with Crippen LogP contribution < -0.4 is 0 Å². The largest absolute Gasteiger partial charge is 0.461 e. The van der Waals surface area contributed by atoms with Gasteiger partial charge in [-0.1, -0.05) is 32.0 Å². The molecular formula is C15H18O2. The van der Waals surface area contributed by atoms with Crippen LogP contribution in [0.5, 0.6) is 0 Å². The number of ketones is 1. The van der Waals surface area contributed by atoms with Gasteiger partial charge in [-0.25, -0.2) is 0 Å². The van der Waals surface area contributed by atoms with Crippen LogP contribution in [0.2, 0.25) is 0 Å². The molecule has 0 aliphatic carbocycles. The lowest BCUT2D eigenvalue weighted by Gasteiger charge is -2.01. The lowest BCUT2D eigenvalue weighted by atomic mass is 10.0. The molecule has 0 bridgehead atoms. The third-order valence-electron chi connectivity index (χ3n) is 3.05. The van der Waals surface area contributed by atoms with Gasteiger partial charge in [0.25, 0.3) is 0 Å². The minimum absolute atomic E-state index is 0.112. The van der Waals surface area contributed by atoms with E-state index < -0.39 is 0 Å². The van der Waals surface area contributed by atoms with E-state index in [0.29, 0.717) is 18.6 Å². The molecule has 0 N–H and O–H groups in total. The van der Waals surface area contributed by atoms with Crippen molar-refractivity contribution in [2.45, 2.75) is 33.6 Å². The molecule has 0 fully saturated rings. The van der Waals surface area contributed by atoms with E-state index in [4.69, 9.17) is 4.42 Å². The van der Waals surface area contributed by atoms with Crippen LogP contribution in [0.25, 0.3) is 11.0 Å². The highest BCUT2D eigenvalue weighted by Gasteiger charge is 2.10. The molecule has 1 heterocycles. The van der Waals surface area contributed by atoms with Gasteiger partial charge in [0, 0.05) is 24.1 Å². The average Bonchev–Trinajstić information content (AvgIpc) is 2.70. The number of fused-ring (bicyclic) bond motifs is 1. The summed E-state index contributed by atoms with van der Waals surface area (Å²) in [7, 11) is 0. The fourth-order valence-corrected chi connectivity index (χ4v) is 1.92. The molecule has 0 spiro atoms. The summed E-state index contributed by atoms with van der Waals surface area (Å²) >= 11 is 0. The van der Waals surface area contributed by atoms with Crippen molar-refractivity contribution in [1.29, 1.82) is 0 Å². The van der Waals surface area contributed by atoms with Gasteiger partial charge in [-0.15, -0.1) is 0 Å². The van der Waals surface area contributed by atoms with Crippen molar-refractivity contribution in [2.75, 3.05) is 0 Å². The molecule has 17 heavy (non-hydrogen) atoms. The van der Waals surface area contributed by atoms with Gasteiger partial charge < -0.3 is 4.42 Å². The number of hydrogen-bond donors (Lipinski definition) is 0. The summed E-state index contributed by atoms with van der Waals surface area (Å²) in [6, 6.07) is 8.14. The predicted molar refractivity (Wildman–Crippen MR) is 69.1 cm³/mol. The molecular weight excluding hydrogens is 212 g/mol. The highest BCUT2D eigenvalue weighted by molar-refractivity contribution is 5.82. The molecule has 0 saturated heterocycles. The third kappa shape index (κ3) is 2.57. The summed E-state index contributed by atoms with van der Waals surface area (Å²) in [5.74, 6) is 1.31. The van der Waals surface area contributed by atoms with Gasteiger partial charge in [0.15, 0.2) is 0 Å². The minimum Gasteiger partial charge on any atom is -0.461 e. The molecule has 0 radical (unpaired) electrons. The normalized spacial score (nSPS) is 11.3. The number of furan rings is 1. The SMILES string of the molecule is Cc1cccc2cc(CCC(=O)C(C)C)oc12. The Balaban J connectivity index is 2.15. The molecule has 90 valence electrons. The molecule has 0 saturated carbocycles. The average molecular weight is 230 g/mol. The fourth-order valence-electron chi connectivity index (χ4n) is 1.92. The zero-order valence-corrected chi connectivity index (χ0v) is 10.6. The molecule has 2 nitrogen and oxygen atoms in total. The Kier molecular flexibility index (Phi) is 3.32. The number of benzene rings is 1. The first-order valence-electron chi connectivity index (χ1n) is 6.08. The van der Waals surface area contributed by atoms with Gasteiger partial charge >= 0.3 is 0 Å². The first-order valence-corrected chi connectivity index (χ1v) is 6.08. The summed E-state index contributed by atoms with van der Waals surface area (Å²) < 4.78 is 5.78. The van der Waals surface area contributed by atoms with E-state index in [1.165, 1.54) is 0 Å². The Hall–Kier alpha value is -1.57. The Morgan fingerprint density at radius 3 is 2.76 bits per heavy atom. The van der Waals surface area contributed by atoms with Crippen molar-refractivity contribution in [1.82, 2.24) is 0 Å². The van der Waals surface area contributed by atoms with E-state index in [1.54, 1.807) is 0 Å². The van der Waals surface area contributed by atoms with Crippen LogP contribution in [0.4, 0.5) is 0 Å². The number of aryl methyl sites for hydroxylation is 2. The quantitative estimate of drug-likeness (QED) is 0.797. The second-order valence-electron chi connectivity index (χ2n) is 4.83. The second kappa shape index (κ2) is 4.74. The predicted octanol–water partition coefficient (Wildman–Crippen LogP) is 3.90. The monoisotopic (exact) mass is 230 g/mol. The molecule has 2 aromatic rings. The molecule has 1 aromatic carbocycles. The number of para-hydroxylation sites is 1. The summed E-state index contributed by atoms with van der Waals surface area (Å²) in [6.45, 7) is 5.91. The van der Waals surface area contributed by atoms with Crippen LogP contribution in [-0.2, 0) is 11.2 Å². The van der Waals surface area contributed by atoms with Crippen LogP contribution >= 0.6 is 0 Å². The van der Waals surface area contributed by atoms with E-state index in [-0.39, 0.29) is 5.92 Å². The maximum Gasteiger partial charge on any atom is 0.137 e. The summed E-state index contributed by atoms with van der Waals surface area (Å²) in [6.07, 6.45) is 1.27. The number of Topliss-reactive ketones (excluding diaryl/α,β-unsaturated/α-hetero) is 1. The molecule has 0 aliphatic rings. The smallest absolute Gasteiger partial charge is 0.137 e. The van der Waals surface area contributed by atoms with Gasteiger partial charge in [-0.05, 0) is 18.6 Å². The summed E-state index contributed by atoms with van der Waals surface area (Å²) in [5, 5.41) is 1.12. The molecule has 0 aliphatic heterocycles. The Labute approximate surface area is 102 Å². The Bertz CT molecular complexity index is 535.